The van der Waals surface area contributed by atoms with Gasteiger partial charge in [-0.1, -0.05) is 12.1 Å². The minimum Gasteiger partial charge on any atom is -0.497 e. The van der Waals surface area contributed by atoms with Gasteiger partial charge in [-0.2, -0.15) is 0 Å². The smallest absolute Gasteiger partial charge is 0.250 e. The van der Waals surface area contributed by atoms with E-state index in [0.717, 1.165) is 53.6 Å². The molecule has 6 nitrogen and oxygen atoms in total. The van der Waals surface area contributed by atoms with Crippen molar-refractivity contribution in [3.8, 4) is 28.5 Å². The summed E-state index contributed by atoms with van der Waals surface area (Å²) in [6.45, 7) is 3.92. The van der Waals surface area contributed by atoms with Crippen molar-refractivity contribution in [2.75, 3.05) is 20.3 Å². The van der Waals surface area contributed by atoms with Gasteiger partial charge in [-0.3, -0.25) is 4.79 Å². The summed E-state index contributed by atoms with van der Waals surface area (Å²) in [6, 6.07) is 15.8. The fraction of sp³-hybridized carbons (Fsp3) is 0.292. The molecule has 1 aliphatic heterocycles. The monoisotopic (exact) mass is 406 g/mol. The predicted octanol–water partition coefficient (Wildman–Crippen LogP) is 3.98. The number of benzene rings is 2. The Morgan fingerprint density at radius 2 is 1.80 bits per heavy atom. The van der Waals surface area contributed by atoms with Crippen LogP contribution in [0.5, 0.6) is 17.2 Å². The van der Waals surface area contributed by atoms with Crippen molar-refractivity contribution in [3.05, 3.63) is 65.4 Å². The molecular formula is C24H26N2O4. The number of nitrogens with zero attached hydrogens (tertiary/aromatic N) is 1. The lowest BCUT2D eigenvalue weighted by Gasteiger charge is -2.14. The lowest BCUT2D eigenvalue weighted by Crippen LogP contribution is -2.13. The Balaban J connectivity index is 1.68. The van der Waals surface area contributed by atoms with Crippen molar-refractivity contribution in [3.63, 3.8) is 0 Å². The zero-order chi connectivity index (χ0) is 21.1. The zero-order valence-corrected chi connectivity index (χ0v) is 17.3. The van der Waals surface area contributed by atoms with Gasteiger partial charge in [0.2, 0.25) is 0 Å². The number of aromatic nitrogens is 1. The van der Waals surface area contributed by atoms with Crippen molar-refractivity contribution in [1.29, 1.82) is 0 Å². The topological polar surface area (TPSA) is 75.7 Å². The number of amides is 1. The summed E-state index contributed by atoms with van der Waals surface area (Å²) < 4.78 is 19.0. The molecule has 6 heteroatoms. The maximum absolute atomic E-state index is 12.0. The summed E-state index contributed by atoms with van der Waals surface area (Å²) in [4.78, 5) is 12.0. The van der Waals surface area contributed by atoms with Crippen molar-refractivity contribution in [2.24, 2.45) is 5.73 Å². The molecule has 0 spiro atoms. The third-order valence-electron chi connectivity index (χ3n) is 5.46. The van der Waals surface area contributed by atoms with E-state index >= 15 is 0 Å². The number of rotatable bonds is 6. The normalized spacial score (nSPS) is 13.0. The van der Waals surface area contributed by atoms with Crippen molar-refractivity contribution >= 4 is 5.91 Å². The minimum atomic E-state index is -0.425. The molecule has 0 aliphatic carbocycles. The lowest BCUT2D eigenvalue weighted by atomic mass is 10.1. The van der Waals surface area contributed by atoms with E-state index in [-0.39, 0.29) is 0 Å². The number of aryl methyl sites for hydroxylation is 1. The van der Waals surface area contributed by atoms with E-state index < -0.39 is 5.91 Å². The van der Waals surface area contributed by atoms with E-state index in [4.69, 9.17) is 19.9 Å². The third-order valence-corrected chi connectivity index (χ3v) is 5.46. The molecule has 1 amide bonds. The molecule has 2 heterocycles. The van der Waals surface area contributed by atoms with E-state index in [9.17, 15) is 4.79 Å². The first kappa shape index (κ1) is 19.9. The number of primary amides is 1. The second-order valence-electron chi connectivity index (χ2n) is 7.35. The van der Waals surface area contributed by atoms with Crippen LogP contribution in [0, 0.1) is 6.92 Å². The van der Waals surface area contributed by atoms with Crippen LogP contribution in [-0.4, -0.2) is 30.8 Å². The molecule has 2 aromatic carbocycles. The molecule has 3 aromatic rings. The fourth-order valence-corrected chi connectivity index (χ4v) is 3.78. The Labute approximate surface area is 176 Å². The molecule has 0 atom stereocenters. The van der Waals surface area contributed by atoms with Crippen molar-refractivity contribution in [1.82, 2.24) is 4.57 Å². The van der Waals surface area contributed by atoms with Crippen molar-refractivity contribution < 1.29 is 19.0 Å². The SMILES string of the molecule is COc1ccc(CCn2c(-c3ccc4c(c3)OCCCO4)cc(C(N)=O)c2C)cc1. The van der Waals surface area contributed by atoms with Crippen LogP contribution in [0.4, 0.5) is 0 Å². The molecule has 4 rings (SSSR count). The van der Waals surface area contributed by atoms with E-state index in [2.05, 4.69) is 16.7 Å². The Morgan fingerprint density at radius 3 is 2.50 bits per heavy atom. The molecule has 0 fully saturated rings. The van der Waals surface area contributed by atoms with E-state index in [1.165, 1.54) is 5.56 Å². The second kappa shape index (κ2) is 8.53. The van der Waals surface area contributed by atoms with Crippen LogP contribution < -0.4 is 19.9 Å². The standard InChI is InChI=1S/C24H26N2O4/c1-16-20(24(25)27)15-21(18-6-9-22-23(14-18)30-13-3-12-29-22)26(16)11-10-17-4-7-19(28-2)8-5-17/h4-9,14-15H,3,10-13H2,1-2H3,(H2,25,27). The van der Waals surface area contributed by atoms with Crippen LogP contribution >= 0.6 is 0 Å². The Hall–Kier alpha value is -3.41. The van der Waals surface area contributed by atoms with Crippen LogP contribution in [0.2, 0.25) is 0 Å². The molecule has 0 unspecified atom stereocenters. The Bertz CT molecular complexity index is 1050. The summed E-state index contributed by atoms with van der Waals surface area (Å²) in [6.07, 6.45) is 1.67. The molecule has 0 bridgehead atoms. The quantitative estimate of drug-likeness (QED) is 0.672. The van der Waals surface area contributed by atoms with E-state index in [0.29, 0.717) is 18.8 Å². The molecule has 0 radical (unpaired) electrons. The predicted molar refractivity (Wildman–Crippen MR) is 115 cm³/mol. The molecular weight excluding hydrogens is 380 g/mol. The average molecular weight is 406 g/mol. The van der Waals surface area contributed by atoms with Gasteiger partial charge in [-0.05, 0) is 55.3 Å². The highest BCUT2D eigenvalue weighted by Gasteiger charge is 2.19. The van der Waals surface area contributed by atoms with Crippen LogP contribution in [0.3, 0.4) is 0 Å². The molecule has 1 aliphatic rings. The molecule has 0 saturated heterocycles. The minimum absolute atomic E-state index is 0.425. The van der Waals surface area contributed by atoms with Crippen LogP contribution in [-0.2, 0) is 13.0 Å². The van der Waals surface area contributed by atoms with E-state index in [1.807, 2.05) is 43.3 Å². The zero-order valence-electron chi connectivity index (χ0n) is 17.3. The summed E-state index contributed by atoms with van der Waals surface area (Å²) >= 11 is 0. The van der Waals surface area contributed by atoms with Gasteiger partial charge >= 0.3 is 0 Å². The van der Waals surface area contributed by atoms with E-state index in [1.54, 1.807) is 7.11 Å². The van der Waals surface area contributed by atoms with Gasteiger partial charge in [0.05, 0.1) is 25.9 Å². The Morgan fingerprint density at radius 1 is 1.07 bits per heavy atom. The number of carbonyl (C=O) groups excluding carboxylic acids is 1. The third kappa shape index (κ3) is 3.99. The molecule has 2 N–H and O–H groups in total. The first-order valence-electron chi connectivity index (χ1n) is 10.1. The van der Waals surface area contributed by atoms with Gasteiger partial charge in [0.15, 0.2) is 11.5 Å². The maximum Gasteiger partial charge on any atom is 0.250 e. The first-order chi connectivity index (χ1) is 14.6. The van der Waals surface area contributed by atoms with Crippen molar-refractivity contribution in [2.45, 2.75) is 26.3 Å². The highest BCUT2D eigenvalue weighted by atomic mass is 16.5. The van der Waals surface area contributed by atoms with Gasteiger partial charge in [0, 0.05) is 29.9 Å². The highest BCUT2D eigenvalue weighted by Crippen LogP contribution is 2.35. The van der Waals surface area contributed by atoms with Gasteiger partial charge < -0.3 is 24.5 Å². The Kier molecular flexibility index (Phi) is 5.65. The summed E-state index contributed by atoms with van der Waals surface area (Å²) in [5, 5.41) is 0. The first-order valence-corrected chi connectivity index (χ1v) is 10.1. The summed E-state index contributed by atoms with van der Waals surface area (Å²) in [7, 11) is 1.66. The van der Waals surface area contributed by atoms with Gasteiger partial charge in [0.1, 0.15) is 5.75 Å². The molecule has 0 saturated carbocycles. The molecule has 156 valence electrons. The number of hydrogen-bond acceptors (Lipinski definition) is 4. The number of fused-ring (bicyclic) bond motifs is 1. The number of ether oxygens (including phenoxy) is 3. The number of carbonyl (C=O) groups is 1. The van der Waals surface area contributed by atoms with Gasteiger partial charge in [0.25, 0.3) is 5.91 Å². The van der Waals surface area contributed by atoms with Crippen LogP contribution in [0.1, 0.15) is 28.0 Å². The maximum atomic E-state index is 12.0. The number of hydrogen-bond donors (Lipinski definition) is 1. The summed E-state index contributed by atoms with van der Waals surface area (Å²) in [5.74, 6) is 1.89. The fourth-order valence-electron chi connectivity index (χ4n) is 3.78. The van der Waals surface area contributed by atoms with Gasteiger partial charge in [-0.25, -0.2) is 0 Å². The average Bonchev–Trinajstić information content (AvgIpc) is 2.93. The second-order valence-corrected chi connectivity index (χ2v) is 7.35. The number of methoxy groups -OCH3 is 1. The van der Waals surface area contributed by atoms with Gasteiger partial charge in [-0.15, -0.1) is 0 Å². The highest BCUT2D eigenvalue weighted by molar-refractivity contribution is 5.95. The largest absolute Gasteiger partial charge is 0.497 e. The molecule has 1 aromatic heterocycles. The lowest BCUT2D eigenvalue weighted by molar-refractivity contribution is 0.0999. The molecule has 30 heavy (non-hydrogen) atoms. The number of nitrogens with two attached hydrogens (primary N) is 1. The summed E-state index contributed by atoms with van der Waals surface area (Å²) in [5.41, 5.74) is 10.1. The van der Waals surface area contributed by atoms with Crippen LogP contribution in [0.15, 0.2) is 48.5 Å². The van der Waals surface area contributed by atoms with Crippen LogP contribution in [0.25, 0.3) is 11.3 Å².